The third-order valence-electron chi connectivity index (χ3n) is 5.67. The van der Waals surface area contributed by atoms with Gasteiger partial charge in [-0.15, -0.1) is 0 Å². The highest BCUT2D eigenvalue weighted by Crippen LogP contribution is 2.40. The highest BCUT2D eigenvalue weighted by molar-refractivity contribution is 7.14. The van der Waals surface area contributed by atoms with E-state index in [1.54, 1.807) is 23.1 Å². The van der Waals surface area contributed by atoms with Gasteiger partial charge in [-0.25, -0.2) is 0 Å². The number of likely N-dealkylation sites (tertiary alicyclic amines) is 1. The van der Waals surface area contributed by atoms with Crippen LogP contribution in [-0.4, -0.2) is 42.3 Å². The van der Waals surface area contributed by atoms with Crippen molar-refractivity contribution in [3.05, 3.63) is 47.4 Å². The molecule has 1 unspecified atom stereocenters. The predicted molar refractivity (Wildman–Crippen MR) is 126 cm³/mol. The average molecular weight is 472 g/mol. The largest absolute Gasteiger partial charge is 0.546 e. The van der Waals surface area contributed by atoms with Crippen LogP contribution < -0.4 is 10.6 Å². The van der Waals surface area contributed by atoms with Gasteiger partial charge in [-0.05, 0) is 49.4 Å². The van der Waals surface area contributed by atoms with Crippen LogP contribution in [0.1, 0.15) is 61.5 Å². The van der Waals surface area contributed by atoms with Crippen LogP contribution in [-0.2, 0) is 0 Å². The van der Waals surface area contributed by atoms with Crippen LogP contribution in [0.5, 0.6) is 5.75 Å². The molecular weight excluding hydrogens is 442 g/mol. The number of amides is 1. The minimum atomic E-state index is -1.81. The fraction of sp³-hybridized carbons (Fsp3) is 0.435. The third kappa shape index (κ3) is 4.96. The summed E-state index contributed by atoms with van der Waals surface area (Å²) in [5.74, 6) is 1.63. The number of benzene rings is 1. The van der Waals surface area contributed by atoms with E-state index in [0.717, 1.165) is 24.4 Å². The van der Waals surface area contributed by atoms with E-state index in [4.69, 9.17) is 4.42 Å². The van der Waals surface area contributed by atoms with Gasteiger partial charge in [0.1, 0.15) is 11.5 Å². The van der Waals surface area contributed by atoms with Gasteiger partial charge in [0.05, 0.1) is 17.3 Å². The maximum Gasteiger partial charge on any atom is 0.257 e. The van der Waals surface area contributed by atoms with Gasteiger partial charge in [0.25, 0.3) is 5.91 Å². The summed E-state index contributed by atoms with van der Waals surface area (Å²) in [5, 5.41) is 17.1. The van der Waals surface area contributed by atoms with E-state index in [-0.39, 0.29) is 46.0 Å². The lowest BCUT2D eigenvalue weighted by Gasteiger charge is -2.29. The minimum Gasteiger partial charge on any atom is -0.546 e. The molecule has 4 rings (SSSR count). The van der Waals surface area contributed by atoms with Crippen LogP contribution >= 0.6 is 11.1 Å². The van der Waals surface area contributed by atoms with Crippen molar-refractivity contribution in [2.75, 3.05) is 23.7 Å². The number of phenolic OH excluding ortho intramolecular Hbond substituents is 1. The highest BCUT2D eigenvalue weighted by atomic mass is 32.2. The normalized spacial score (nSPS) is 15.5. The Balaban J connectivity index is 1.62. The van der Waals surface area contributed by atoms with Crippen LogP contribution in [0.2, 0.25) is 0 Å². The number of para-hydroxylation sites is 1. The first-order valence-corrected chi connectivity index (χ1v) is 12.0. The van der Waals surface area contributed by atoms with Crippen molar-refractivity contribution in [1.82, 2.24) is 13.6 Å². The fourth-order valence-electron chi connectivity index (χ4n) is 3.93. The average Bonchev–Trinajstić information content (AvgIpc) is 3.48. The van der Waals surface area contributed by atoms with E-state index in [0.29, 0.717) is 13.1 Å². The number of aromatic hydroxyl groups is 1. The Morgan fingerprint density at radius 3 is 2.52 bits per heavy atom. The van der Waals surface area contributed by atoms with Gasteiger partial charge in [-0.3, -0.25) is 4.79 Å². The second-order valence-corrected chi connectivity index (χ2v) is 10.2. The molecule has 0 saturated carbocycles. The van der Waals surface area contributed by atoms with Crippen molar-refractivity contribution >= 4 is 34.4 Å². The first kappa shape index (κ1) is 23.1. The highest BCUT2D eigenvalue weighted by Gasteiger charge is 2.32. The van der Waals surface area contributed by atoms with E-state index in [2.05, 4.69) is 40.2 Å². The van der Waals surface area contributed by atoms with E-state index in [9.17, 15) is 14.5 Å². The molecule has 0 bridgehead atoms. The second-order valence-electron chi connectivity index (χ2n) is 9.33. The van der Waals surface area contributed by atoms with Gasteiger partial charge < -0.3 is 29.6 Å². The zero-order valence-electron chi connectivity index (χ0n) is 19.2. The molecule has 176 valence electrons. The maximum absolute atomic E-state index is 12.8. The lowest BCUT2D eigenvalue weighted by atomic mass is 9.85. The SMILES string of the molecule is Cc1ccc([C@H](Nc2n[s+]([O-])nc2Nc2cccc(C(=O)N3CCCC3)c2O)C(C)(C)C)o1. The number of rotatable bonds is 6. The number of hydrogen-bond donors (Lipinski definition) is 3. The molecule has 1 amide bonds. The van der Waals surface area contributed by atoms with Crippen molar-refractivity contribution < 1.29 is 18.9 Å². The van der Waals surface area contributed by atoms with Gasteiger partial charge in [-0.2, -0.15) is 0 Å². The molecule has 10 heteroatoms. The Kier molecular flexibility index (Phi) is 6.31. The monoisotopic (exact) mass is 471 g/mol. The number of nitrogens with zero attached hydrogens (tertiary/aromatic N) is 3. The summed E-state index contributed by atoms with van der Waals surface area (Å²) >= 11 is -1.81. The first-order chi connectivity index (χ1) is 15.6. The fourth-order valence-corrected chi connectivity index (χ4v) is 4.56. The quantitative estimate of drug-likeness (QED) is 0.339. The Labute approximate surface area is 195 Å². The van der Waals surface area contributed by atoms with Crippen molar-refractivity contribution in [3.8, 4) is 5.75 Å². The molecular formula is C23H29N5O4S. The molecule has 0 radical (unpaired) electrons. The number of aryl methyl sites for hydroxylation is 1. The summed E-state index contributed by atoms with van der Waals surface area (Å²) < 4.78 is 26.2. The molecule has 3 heterocycles. The minimum absolute atomic E-state index is 0.178. The Bertz CT molecular complexity index is 1140. The van der Waals surface area contributed by atoms with Gasteiger partial charge in [0, 0.05) is 21.8 Å². The van der Waals surface area contributed by atoms with Crippen molar-refractivity contribution in [3.63, 3.8) is 0 Å². The van der Waals surface area contributed by atoms with Gasteiger partial charge in [0.15, 0.2) is 16.9 Å². The number of furan rings is 1. The van der Waals surface area contributed by atoms with Crippen molar-refractivity contribution in [2.45, 2.75) is 46.6 Å². The number of nitrogens with one attached hydrogen (secondary N) is 2. The molecule has 1 aliphatic heterocycles. The molecule has 3 N–H and O–H groups in total. The molecule has 2 aromatic heterocycles. The van der Waals surface area contributed by atoms with Gasteiger partial charge >= 0.3 is 0 Å². The Morgan fingerprint density at radius 2 is 1.88 bits per heavy atom. The van der Waals surface area contributed by atoms with E-state index >= 15 is 0 Å². The first-order valence-electron chi connectivity index (χ1n) is 10.9. The molecule has 0 spiro atoms. The predicted octanol–water partition coefficient (Wildman–Crippen LogP) is 4.99. The van der Waals surface area contributed by atoms with Crippen LogP contribution in [0.25, 0.3) is 0 Å². The number of carbonyl (C=O) groups is 1. The molecule has 3 aromatic rings. The third-order valence-corrected chi connectivity index (χ3v) is 6.35. The molecule has 9 nitrogen and oxygen atoms in total. The molecule has 1 aromatic carbocycles. The van der Waals surface area contributed by atoms with Gasteiger partial charge in [-0.1, -0.05) is 26.8 Å². The van der Waals surface area contributed by atoms with Crippen LogP contribution in [0.4, 0.5) is 17.3 Å². The van der Waals surface area contributed by atoms with Gasteiger partial charge in [0.2, 0.25) is 11.6 Å². The molecule has 2 atom stereocenters. The van der Waals surface area contributed by atoms with E-state index in [1.807, 2.05) is 19.1 Å². The summed E-state index contributed by atoms with van der Waals surface area (Å²) in [7, 11) is 0. The molecule has 1 fully saturated rings. The second kappa shape index (κ2) is 9.03. The number of hydrogen-bond acceptors (Lipinski definition) is 8. The van der Waals surface area contributed by atoms with Crippen molar-refractivity contribution in [1.29, 1.82) is 0 Å². The van der Waals surface area contributed by atoms with Crippen LogP contribution in [0.15, 0.2) is 34.7 Å². The number of aromatic nitrogens is 2. The number of anilines is 3. The lowest BCUT2D eigenvalue weighted by molar-refractivity contribution is 0.0790. The molecule has 1 saturated heterocycles. The smallest absolute Gasteiger partial charge is 0.257 e. The van der Waals surface area contributed by atoms with E-state index < -0.39 is 11.1 Å². The summed E-state index contributed by atoms with van der Waals surface area (Å²) in [6.07, 6.45) is 1.92. The van der Waals surface area contributed by atoms with Crippen molar-refractivity contribution in [2.24, 2.45) is 5.41 Å². The Morgan fingerprint density at radius 1 is 1.18 bits per heavy atom. The summed E-state index contributed by atoms with van der Waals surface area (Å²) in [4.78, 5) is 14.5. The maximum atomic E-state index is 12.8. The summed E-state index contributed by atoms with van der Waals surface area (Å²) in [6.45, 7) is 9.40. The molecule has 1 aliphatic rings. The number of phenols is 1. The standard InChI is InChI=1S/C23H29N5O4S/c1-14-10-11-17(32-14)19(23(2,3)4)25-21-20(26-33(31)27-21)24-16-9-7-8-15(18(16)29)22(30)28-12-5-6-13-28/h7-11,19,29H,5-6,12-13H2,1-4H3,(H,24,26)(H,25,27)/t19-,33?/m0/s1. The molecule has 0 aliphatic carbocycles. The summed E-state index contributed by atoms with van der Waals surface area (Å²) in [5.41, 5.74) is 0.242. The lowest BCUT2D eigenvalue weighted by Crippen LogP contribution is -2.27. The molecule has 33 heavy (non-hydrogen) atoms. The van der Waals surface area contributed by atoms with E-state index in [1.165, 1.54) is 0 Å². The number of carbonyl (C=O) groups excluding carboxylic acids is 1. The zero-order chi connectivity index (χ0) is 23.8. The topological polar surface area (TPSA) is 127 Å². The van der Waals surface area contributed by atoms with Crippen LogP contribution in [0, 0.1) is 12.3 Å². The van der Waals surface area contributed by atoms with Crippen LogP contribution in [0.3, 0.4) is 0 Å². The Hall–Kier alpha value is -3.11. The summed E-state index contributed by atoms with van der Waals surface area (Å²) in [6, 6.07) is 8.43. The zero-order valence-corrected chi connectivity index (χ0v) is 20.0.